The van der Waals surface area contributed by atoms with Gasteiger partial charge in [-0.1, -0.05) is 5.16 Å². The van der Waals surface area contributed by atoms with Crippen molar-refractivity contribution in [3.8, 4) is 10.6 Å². The summed E-state index contributed by atoms with van der Waals surface area (Å²) in [6, 6.07) is 13.6. The van der Waals surface area contributed by atoms with Gasteiger partial charge in [-0.3, -0.25) is 4.72 Å². The van der Waals surface area contributed by atoms with E-state index in [0.29, 0.717) is 34.3 Å². The Kier molecular flexibility index (Phi) is 4.33. The summed E-state index contributed by atoms with van der Waals surface area (Å²) in [5.41, 5.74) is 8.55. The van der Waals surface area contributed by atoms with Gasteiger partial charge in [-0.25, -0.2) is 13.4 Å². The molecule has 4 aromatic rings. The molecule has 0 saturated heterocycles. The number of nitrogens with zero attached hydrogens (tertiary/aromatic N) is 3. The van der Waals surface area contributed by atoms with Crippen molar-refractivity contribution in [1.29, 1.82) is 0 Å². The van der Waals surface area contributed by atoms with Crippen molar-refractivity contribution < 1.29 is 17.4 Å². The molecule has 0 radical (unpaired) electrons. The summed E-state index contributed by atoms with van der Waals surface area (Å²) < 4.78 is 38.3. The molecule has 9 nitrogen and oxygen atoms in total. The Morgan fingerprint density at radius 2 is 1.90 bits per heavy atom. The highest BCUT2D eigenvalue weighted by Gasteiger charge is 2.19. The van der Waals surface area contributed by atoms with Gasteiger partial charge in [-0.2, -0.15) is 0 Å². The molecule has 152 valence electrons. The zero-order chi connectivity index (χ0) is 20.7. The summed E-state index contributed by atoms with van der Waals surface area (Å²) in [6.07, 6.45) is 2.98. The lowest BCUT2D eigenvalue weighted by Gasteiger charge is -2.24. The van der Waals surface area contributed by atoms with Crippen molar-refractivity contribution >= 4 is 38.6 Å². The number of nitrogens with one attached hydrogen (secondary N) is 1. The highest BCUT2D eigenvalue weighted by atomic mass is 32.2. The van der Waals surface area contributed by atoms with Crippen LogP contribution < -0.4 is 26.1 Å². The Morgan fingerprint density at radius 3 is 2.67 bits per heavy atom. The molecule has 1 aliphatic rings. The number of fused-ring (bicyclic) bond motifs is 1. The van der Waals surface area contributed by atoms with Crippen LogP contribution in [-0.4, -0.2) is 20.2 Å². The van der Waals surface area contributed by atoms with E-state index in [0.717, 1.165) is 22.2 Å². The molecule has 0 bridgehead atoms. The van der Waals surface area contributed by atoms with Crippen LogP contribution in [0.4, 0.5) is 11.4 Å². The first-order valence-corrected chi connectivity index (χ1v) is 11.1. The molecule has 11 heteroatoms. The number of rotatable bonds is 5. The summed E-state index contributed by atoms with van der Waals surface area (Å²) in [7, 11) is -3.73. The fraction of sp³-hybridized carbons (Fsp3) is 0.0526. The van der Waals surface area contributed by atoms with Gasteiger partial charge in [0.1, 0.15) is 28.7 Å². The minimum atomic E-state index is -3.73. The van der Waals surface area contributed by atoms with E-state index >= 15 is 0 Å². The maximum Gasteiger partial charge on any atom is 0.271 e. The largest absolute Gasteiger partial charge is 0.446 e. The molecule has 0 spiro atoms. The highest BCUT2D eigenvalue weighted by molar-refractivity contribution is 7.94. The predicted molar refractivity (Wildman–Crippen MR) is 111 cm³/mol. The molecule has 0 fully saturated rings. The molecule has 1 aromatic carbocycles. The van der Waals surface area contributed by atoms with Crippen molar-refractivity contribution in [3.63, 3.8) is 0 Å². The summed E-state index contributed by atoms with van der Waals surface area (Å²) >= 11 is 1.11. The number of furan rings is 1. The zero-order valence-corrected chi connectivity index (χ0v) is 17.0. The van der Waals surface area contributed by atoms with Gasteiger partial charge in [-0.05, 0) is 42.5 Å². The van der Waals surface area contributed by atoms with E-state index < -0.39 is 10.0 Å². The van der Waals surface area contributed by atoms with Gasteiger partial charge >= 0.3 is 0 Å². The van der Waals surface area contributed by atoms with Crippen LogP contribution in [0.5, 0.6) is 0 Å². The average molecular weight is 441 g/mol. The average Bonchev–Trinajstić information content (AvgIpc) is 3.49. The Bertz CT molecular complexity index is 1420. The van der Waals surface area contributed by atoms with E-state index in [1.54, 1.807) is 54.8 Å². The second kappa shape index (κ2) is 7.04. The minimum Gasteiger partial charge on any atom is -0.446 e. The Hall–Kier alpha value is -3.57. The van der Waals surface area contributed by atoms with Crippen LogP contribution in [0, 0.1) is 0 Å². The number of nitrogens with two attached hydrogens (primary N) is 1. The highest BCUT2D eigenvalue weighted by Crippen LogP contribution is 2.31. The minimum absolute atomic E-state index is 0.185. The number of benzene rings is 1. The van der Waals surface area contributed by atoms with E-state index in [1.165, 1.54) is 6.26 Å². The van der Waals surface area contributed by atoms with Crippen molar-refractivity contribution in [2.24, 2.45) is 10.7 Å². The van der Waals surface area contributed by atoms with Crippen LogP contribution in [-0.2, 0) is 10.0 Å². The maximum absolute atomic E-state index is 12.7. The number of hydrogen-bond acceptors (Lipinski definition) is 9. The van der Waals surface area contributed by atoms with Crippen LogP contribution in [0.2, 0.25) is 0 Å². The second-order valence-corrected chi connectivity index (χ2v) is 9.40. The van der Waals surface area contributed by atoms with Crippen LogP contribution in [0.25, 0.3) is 16.4 Å². The third-order valence-corrected chi connectivity index (χ3v) is 7.52. The smallest absolute Gasteiger partial charge is 0.271 e. The molecule has 5 rings (SSSR count). The van der Waals surface area contributed by atoms with E-state index in [9.17, 15) is 8.42 Å². The molecule has 3 N–H and O–H groups in total. The predicted octanol–water partition coefficient (Wildman–Crippen LogP) is 1.92. The quantitative estimate of drug-likeness (QED) is 0.484. The first-order chi connectivity index (χ1) is 14.5. The summed E-state index contributed by atoms with van der Waals surface area (Å²) in [6.45, 7) is 0.317. The van der Waals surface area contributed by atoms with Gasteiger partial charge in [0.25, 0.3) is 10.0 Å². The second-order valence-electron chi connectivity index (χ2n) is 6.41. The first kappa shape index (κ1) is 18.5. The zero-order valence-electron chi connectivity index (χ0n) is 15.3. The van der Waals surface area contributed by atoms with E-state index in [2.05, 4.69) is 14.9 Å². The summed E-state index contributed by atoms with van der Waals surface area (Å²) in [5, 5.41) is 4.55. The Balaban J connectivity index is 1.36. The van der Waals surface area contributed by atoms with Crippen LogP contribution >= 0.6 is 11.3 Å². The lowest BCUT2D eigenvalue weighted by atomic mass is 10.2. The summed E-state index contributed by atoms with van der Waals surface area (Å²) in [5.74, 6) is 0.529. The monoisotopic (exact) mass is 441 g/mol. The molecule has 1 aliphatic heterocycles. The van der Waals surface area contributed by atoms with Crippen molar-refractivity contribution in [3.05, 3.63) is 71.8 Å². The van der Waals surface area contributed by atoms with Crippen molar-refractivity contribution in [2.45, 2.75) is 4.21 Å². The molecular formula is C19H15N5O4S2. The lowest BCUT2D eigenvalue weighted by Crippen LogP contribution is -2.42. The molecule has 0 unspecified atom stereocenters. The first-order valence-electron chi connectivity index (χ1n) is 8.80. The van der Waals surface area contributed by atoms with Crippen molar-refractivity contribution in [2.75, 3.05) is 16.3 Å². The molecule has 3 aromatic heterocycles. The molecule has 0 atom stereocenters. The topological polar surface area (TPSA) is 127 Å². The van der Waals surface area contributed by atoms with Gasteiger partial charge in [0.05, 0.1) is 16.4 Å². The third kappa shape index (κ3) is 3.23. The lowest BCUT2D eigenvalue weighted by molar-refractivity contribution is 0.422. The molecule has 4 heterocycles. The van der Waals surface area contributed by atoms with Crippen LogP contribution in [0.15, 0.2) is 79.2 Å². The van der Waals surface area contributed by atoms with E-state index in [1.807, 2.05) is 4.90 Å². The number of aromatic nitrogens is 1. The van der Waals surface area contributed by atoms with Gasteiger partial charge in [-0.15, -0.1) is 11.3 Å². The molecular weight excluding hydrogens is 426 g/mol. The van der Waals surface area contributed by atoms with E-state index in [4.69, 9.17) is 14.7 Å². The van der Waals surface area contributed by atoms with Gasteiger partial charge in [0.2, 0.25) is 5.55 Å². The van der Waals surface area contributed by atoms with Gasteiger partial charge < -0.3 is 19.6 Å². The van der Waals surface area contributed by atoms with Gasteiger partial charge in [0, 0.05) is 17.4 Å². The third-order valence-electron chi connectivity index (χ3n) is 4.53. The Labute approximate surface area is 174 Å². The molecule has 0 amide bonds. The number of anilines is 2. The maximum atomic E-state index is 12.7. The van der Waals surface area contributed by atoms with Gasteiger partial charge in [0.15, 0.2) is 0 Å². The van der Waals surface area contributed by atoms with E-state index in [-0.39, 0.29) is 4.21 Å². The van der Waals surface area contributed by atoms with Crippen LogP contribution in [0.3, 0.4) is 0 Å². The molecule has 0 saturated carbocycles. The number of hydrogen-bond donors (Lipinski definition) is 2. The normalized spacial score (nSPS) is 13.7. The molecule has 30 heavy (non-hydrogen) atoms. The SMILES string of the molecule is NC1=c2ccoc2=NCN1c1ccc(NS(=O)(=O)c2ccc(-c3ccon3)s2)cc1. The summed E-state index contributed by atoms with van der Waals surface area (Å²) in [4.78, 5) is 6.87. The Morgan fingerprint density at radius 1 is 1.07 bits per heavy atom. The number of sulfonamides is 1. The fourth-order valence-electron chi connectivity index (χ4n) is 3.05. The van der Waals surface area contributed by atoms with Crippen molar-refractivity contribution in [1.82, 2.24) is 5.16 Å². The van der Waals surface area contributed by atoms with Crippen LogP contribution in [0.1, 0.15) is 0 Å². The standard InChI is InChI=1S/C19H15N5O4S2/c20-18-14-7-9-27-19(14)21-11-24(18)13-3-1-12(2-4-13)23-30(25,26)17-6-5-16(29-17)15-8-10-28-22-15/h1-10,23H,11,20H2. The number of thiophene rings is 1. The molecule has 0 aliphatic carbocycles. The fourth-order valence-corrected chi connectivity index (χ4v) is 5.38.